The number of benzene rings is 15. The van der Waals surface area contributed by atoms with Gasteiger partial charge < -0.3 is 14.0 Å². The van der Waals surface area contributed by atoms with Crippen molar-refractivity contribution in [3.63, 3.8) is 0 Å². The van der Waals surface area contributed by atoms with Gasteiger partial charge in [-0.15, -0.1) is 0 Å². The molecule has 19 rings (SSSR count). The Morgan fingerprint density at radius 2 is 0.791 bits per heavy atom. The molecule has 3 nitrogen and oxygen atoms in total. The van der Waals surface area contributed by atoms with Crippen molar-refractivity contribution in [1.82, 2.24) is 9.13 Å². The lowest BCUT2D eigenvalue weighted by Gasteiger charge is -2.30. The first kappa shape index (κ1) is 47.3. The summed E-state index contributed by atoms with van der Waals surface area (Å²) in [5.74, 6) is 0. The van der Waals surface area contributed by atoms with E-state index >= 15 is 0 Å². The second kappa shape index (κ2) is 17.9. The first-order valence-electron chi connectivity index (χ1n) is 29.9. The van der Waals surface area contributed by atoms with Crippen LogP contribution in [0.5, 0.6) is 0 Å². The largest absolute Gasteiger partial charge is 0.309 e. The molecule has 3 heteroatoms. The highest BCUT2D eigenvalue weighted by molar-refractivity contribution is 6.33. The molecule has 0 unspecified atom stereocenters. The second-order valence-electron chi connectivity index (χ2n) is 23.4. The van der Waals surface area contributed by atoms with E-state index in [-0.39, 0.29) is 0 Å². The van der Waals surface area contributed by atoms with Gasteiger partial charge in [0.1, 0.15) is 0 Å². The number of hydrogen-bond acceptors (Lipinski definition) is 1. The van der Waals surface area contributed by atoms with Crippen LogP contribution in [0, 0.1) is 0 Å². The molecule has 2 aliphatic carbocycles. The fourth-order valence-corrected chi connectivity index (χ4v) is 15.9. The number of anilines is 3. The van der Waals surface area contributed by atoms with Crippen LogP contribution >= 0.6 is 0 Å². The van der Waals surface area contributed by atoms with E-state index < -0.39 is 5.41 Å². The number of fused-ring (bicyclic) bond motifs is 24. The standard InChI is InChI=1S/C83H51N3/c1-2-22-55(23-3-1)84-74-39-17-13-32-67(74)80-75(84)40-20-41-76(80)85(56-48-45-53(46-49-56)59-33-18-38-73-78(59)66-31-12-16-37-72(66)83(73)70-35-14-10-27-62(70)63-28-11-15-36-71(63)83)77-42-19-34-68-79-64-29-8-6-25-60(64)61-26-7-9-30-65(61)82(79)86(81(68)77)57-50-47-54-44-43-52-21-4-5-24-58(52)69(54)51-57/h1-51H. The number of nitrogens with zero attached hydrogens (tertiary/aromatic N) is 3. The van der Waals surface area contributed by atoms with Gasteiger partial charge in [0, 0.05) is 44.0 Å². The minimum absolute atomic E-state index is 0.435. The Labute approximate surface area is 496 Å². The molecule has 0 saturated heterocycles. The van der Waals surface area contributed by atoms with Gasteiger partial charge in [0.15, 0.2) is 0 Å². The summed E-state index contributed by atoms with van der Waals surface area (Å²) in [7, 11) is 0. The van der Waals surface area contributed by atoms with Crippen molar-refractivity contribution in [1.29, 1.82) is 0 Å². The molecule has 0 atom stereocenters. The van der Waals surface area contributed by atoms with Crippen LogP contribution in [0.15, 0.2) is 309 Å². The van der Waals surface area contributed by atoms with Gasteiger partial charge in [0.2, 0.25) is 0 Å². The van der Waals surface area contributed by atoms with Crippen LogP contribution in [0.3, 0.4) is 0 Å². The summed E-state index contributed by atoms with van der Waals surface area (Å²) < 4.78 is 5.04. The second-order valence-corrected chi connectivity index (χ2v) is 23.4. The highest BCUT2D eigenvalue weighted by Gasteiger charge is 2.52. The summed E-state index contributed by atoms with van der Waals surface area (Å²) in [5, 5.41) is 14.7. The normalized spacial score (nSPS) is 13.0. The Morgan fingerprint density at radius 3 is 1.56 bits per heavy atom. The van der Waals surface area contributed by atoms with Crippen molar-refractivity contribution in [3.05, 3.63) is 332 Å². The van der Waals surface area contributed by atoms with Crippen LogP contribution in [0.25, 0.3) is 131 Å². The van der Waals surface area contributed by atoms with Gasteiger partial charge in [-0.3, -0.25) is 0 Å². The fraction of sp³-hybridized carbons (Fsp3) is 0.0120. The SMILES string of the molecule is c1ccc(-n2c3ccccc3c3c(N(c4ccc(-c5cccc6c5-c5ccccc5C65c6ccccc6-c6ccccc65)cc4)c4cccc5c6c7ccccc7c7ccccc7c6n(-c6ccc7ccc8ccccc8c7c6)c45)cccc32)cc1. The zero-order chi connectivity index (χ0) is 56.2. The van der Waals surface area contributed by atoms with E-state index in [2.05, 4.69) is 323 Å². The highest BCUT2D eigenvalue weighted by Crippen LogP contribution is 2.64. The van der Waals surface area contributed by atoms with E-state index in [0.29, 0.717) is 0 Å². The third kappa shape index (κ3) is 6.30. The van der Waals surface area contributed by atoms with Gasteiger partial charge in [-0.25, -0.2) is 0 Å². The van der Waals surface area contributed by atoms with Crippen LogP contribution in [0.4, 0.5) is 17.1 Å². The van der Waals surface area contributed by atoms with E-state index in [9.17, 15) is 0 Å². The van der Waals surface area contributed by atoms with Crippen LogP contribution in [-0.2, 0) is 5.41 Å². The first-order chi connectivity index (χ1) is 42.7. The quantitative estimate of drug-likeness (QED) is 0.151. The van der Waals surface area contributed by atoms with E-state index in [1.54, 1.807) is 0 Å². The van der Waals surface area contributed by atoms with Crippen LogP contribution in [-0.4, -0.2) is 9.13 Å². The molecule has 0 bridgehead atoms. The van der Waals surface area contributed by atoms with Gasteiger partial charge >= 0.3 is 0 Å². The molecule has 0 amide bonds. The highest BCUT2D eigenvalue weighted by atomic mass is 15.2. The summed E-state index contributed by atoms with van der Waals surface area (Å²) in [4.78, 5) is 2.57. The molecular formula is C83H51N3. The van der Waals surface area contributed by atoms with Crippen molar-refractivity contribution < 1.29 is 0 Å². The summed E-state index contributed by atoms with van der Waals surface area (Å²) in [6, 6.07) is 116. The van der Waals surface area contributed by atoms with Crippen molar-refractivity contribution in [2.45, 2.75) is 5.41 Å². The smallest absolute Gasteiger partial charge is 0.0782 e. The molecule has 2 aromatic heterocycles. The molecule has 0 aliphatic heterocycles. The predicted octanol–water partition coefficient (Wildman–Crippen LogP) is 22.0. The molecule has 398 valence electrons. The van der Waals surface area contributed by atoms with Gasteiger partial charge in [-0.2, -0.15) is 0 Å². The van der Waals surface area contributed by atoms with E-state index in [4.69, 9.17) is 0 Å². The lowest BCUT2D eigenvalue weighted by atomic mass is 9.70. The number of hydrogen-bond donors (Lipinski definition) is 0. The van der Waals surface area contributed by atoms with Crippen molar-refractivity contribution in [2.75, 3.05) is 4.90 Å². The Hall–Kier alpha value is -11.3. The van der Waals surface area contributed by atoms with Gasteiger partial charge in [0.25, 0.3) is 0 Å². The van der Waals surface area contributed by atoms with Crippen molar-refractivity contribution in [3.8, 4) is 44.8 Å². The molecule has 0 fully saturated rings. The third-order valence-corrected chi connectivity index (χ3v) is 19.3. The summed E-state index contributed by atoms with van der Waals surface area (Å²) in [6.07, 6.45) is 0. The molecule has 17 aromatic rings. The first-order valence-corrected chi connectivity index (χ1v) is 29.9. The monoisotopic (exact) mass is 1090 g/mol. The summed E-state index contributed by atoms with van der Waals surface area (Å²) in [5.41, 5.74) is 22.7. The number of aromatic nitrogens is 2. The summed E-state index contributed by atoms with van der Waals surface area (Å²) in [6.45, 7) is 0. The average Bonchev–Trinajstić information content (AvgIpc) is 1.54. The van der Waals surface area contributed by atoms with Crippen LogP contribution in [0.2, 0.25) is 0 Å². The van der Waals surface area contributed by atoms with E-state index in [1.807, 2.05) is 0 Å². The molecular weight excluding hydrogens is 1040 g/mol. The maximum atomic E-state index is 2.60. The number of para-hydroxylation sites is 3. The van der Waals surface area contributed by atoms with Crippen molar-refractivity contribution in [2.24, 2.45) is 0 Å². The van der Waals surface area contributed by atoms with Crippen LogP contribution in [0.1, 0.15) is 22.3 Å². The maximum absolute atomic E-state index is 2.60. The Balaban J connectivity index is 0.910. The lowest BCUT2D eigenvalue weighted by Crippen LogP contribution is -2.25. The number of rotatable bonds is 6. The minimum atomic E-state index is -0.435. The zero-order valence-electron chi connectivity index (χ0n) is 46.8. The summed E-state index contributed by atoms with van der Waals surface area (Å²) >= 11 is 0. The van der Waals surface area contributed by atoms with E-state index in [1.165, 1.54) is 126 Å². The maximum Gasteiger partial charge on any atom is 0.0782 e. The molecule has 0 saturated carbocycles. The molecule has 2 heterocycles. The molecule has 2 aliphatic rings. The Morgan fingerprint density at radius 1 is 0.267 bits per heavy atom. The van der Waals surface area contributed by atoms with Gasteiger partial charge in [0.05, 0.1) is 38.9 Å². The zero-order valence-corrected chi connectivity index (χ0v) is 46.8. The molecule has 15 aromatic carbocycles. The minimum Gasteiger partial charge on any atom is -0.309 e. The van der Waals surface area contributed by atoms with Gasteiger partial charge in [-0.1, -0.05) is 249 Å². The molecule has 0 N–H and O–H groups in total. The van der Waals surface area contributed by atoms with E-state index in [0.717, 1.165) is 45.0 Å². The Kier molecular flexibility index (Phi) is 9.82. The fourth-order valence-electron chi connectivity index (χ4n) is 15.9. The topological polar surface area (TPSA) is 13.1 Å². The van der Waals surface area contributed by atoms with Crippen LogP contribution < -0.4 is 4.90 Å². The predicted molar refractivity (Wildman–Crippen MR) is 362 cm³/mol. The molecule has 1 spiro atoms. The average molecular weight is 1090 g/mol. The third-order valence-electron chi connectivity index (χ3n) is 19.3. The Bertz CT molecular complexity index is 5680. The van der Waals surface area contributed by atoms with Crippen molar-refractivity contribution >= 4 is 104 Å². The molecule has 86 heavy (non-hydrogen) atoms. The molecule has 0 radical (unpaired) electrons. The lowest BCUT2D eigenvalue weighted by molar-refractivity contribution is 0.794. The van der Waals surface area contributed by atoms with Gasteiger partial charge in [-0.05, 0) is 154 Å².